The van der Waals surface area contributed by atoms with Crippen molar-refractivity contribution in [3.05, 3.63) is 54.1 Å². The van der Waals surface area contributed by atoms with E-state index in [4.69, 9.17) is 9.47 Å². The lowest BCUT2D eigenvalue weighted by atomic mass is 10.2. The van der Waals surface area contributed by atoms with Gasteiger partial charge in [0.25, 0.3) is 5.91 Å². The molecule has 0 fully saturated rings. The van der Waals surface area contributed by atoms with Crippen molar-refractivity contribution in [2.75, 3.05) is 32.8 Å². The number of nitrogens with one attached hydrogen (secondary N) is 1. The van der Waals surface area contributed by atoms with Crippen LogP contribution >= 0.6 is 0 Å². The number of hydrogen-bond donors (Lipinski definition) is 1. The van der Waals surface area contributed by atoms with Crippen LogP contribution in [0.2, 0.25) is 0 Å². The largest absolute Gasteiger partial charge is 0.493 e. The fourth-order valence-electron chi connectivity index (χ4n) is 2.25. The first-order valence-electron chi connectivity index (χ1n) is 8.92. The summed E-state index contributed by atoms with van der Waals surface area (Å²) in [5.41, 5.74) is 1.07. The monoisotopic (exact) mass is 401 g/mol. The molecule has 1 N–H and O–H groups in total. The number of benzene rings is 2. The van der Waals surface area contributed by atoms with Crippen LogP contribution in [0, 0.1) is 0 Å². The lowest BCUT2D eigenvalue weighted by Gasteiger charge is -2.09. The number of methoxy groups -OCH3 is 2. The number of carbonyl (C=O) groups is 3. The molecule has 0 heterocycles. The lowest BCUT2D eigenvalue weighted by molar-refractivity contribution is -0.142. The van der Waals surface area contributed by atoms with Gasteiger partial charge in [-0.25, -0.2) is 0 Å². The maximum atomic E-state index is 12.3. The first kappa shape index (κ1) is 21.7. The van der Waals surface area contributed by atoms with Crippen LogP contribution in [0.25, 0.3) is 0 Å². The second-order valence-electron chi connectivity index (χ2n) is 5.85. The number of carbonyl (C=O) groups excluding carboxylic acids is 3. The summed E-state index contributed by atoms with van der Waals surface area (Å²) in [6.07, 6.45) is 0.318. The molecule has 1 amide bonds. The Labute approximate surface area is 168 Å². The molecule has 8 heteroatoms. The highest BCUT2D eigenvalue weighted by atomic mass is 16.5. The third-order valence-electron chi connectivity index (χ3n) is 3.83. The summed E-state index contributed by atoms with van der Waals surface area (Å²) in [5, 5.41) is 2.78. The van der Waals surface area contributed by atoms with Crippen molar-refractivity contribution in [3.63, 3.8) is 0 Å². The standard InChI is InChI=1S/C21H23NO7/c1-26-19(23)11-13-28-17-7-3-15(4-8-17)21(25)22-16-5-9-18(10-6-16)29-14-12-20(24)27-2/h3-10H,11-14H2,1-2H3,(H,22,25). The summed E-state index contributed by atoms with van der Waals surface area (Å²) in [6, 6.07) is 13.4. The molecule has 0 saturated heterocycles. The van der Waals surface area contributed by atoms with Gasteiger partial charge < -0.3 is 24.3 Å². The zero-order valence-corrected chi connectivity index (χ0v) is 16.3. The molecule has 0 unspecified atom stereocenters. The van der Waals surface area contributed by atoms with E-state index in [9.17, 15) is 14.4 Å². The van der Waals surface area contributed by atoms with E-state index >= 15 is 0 Å². The van der Waals surface area contributed by atoms with Crippen molar-refractivity contribution in [2.24, 2.45) is 0 Å². The van der Waals surface area contributed by atoms with Gasteiger partial charge in [0.15, 0.2) is 0 Å². The number of ether oxygens (including phenoxy) is 4. The molecule has 0 aromatic heterocycles. The van der Waals surface area contributed by atoms with Crippen LogP contribution < -0.4 is 14.8 Å². The van der Waals surface area contributed by atoms with Crippen molar-refractivity contribution in [1.29, 1.82) is 0 Å². The topological polar surface area (TPSA) is 100 Å². The molecule has 2 aromatic rings. The molecular formula is C21H23NO7. The quantitative estimate of drug-likeness (QED) is 0.611. The molecule has 0 atom stereocenters. The summed E-state index contributed by atoms with van der Waals surface area (Å²) < 4.78 is 19.9. The van der Waals surface area contributed by atoms with Gasteiger partial charge in [-0.15, -0.1) is 0 Å². The number of rotatable bonds is 10. The molecule has 0 aliphatic rings. The molecule has 0 aliphatic heterocycles. The minimum absolute atomic E-state index is 0.154. The van der Waals surface area contributed by atoms with Crippen LogP contribution in [0.15, 0.2) is 48.5 Å². The normalized spacial score (nSPS) is 10.0. The Bertz CT molecular complexity index is 816. The molecule has 0 radical (unpaired) electrons. The molecule has 0 spiro atoms. The Morgan fingerprint density at radius 3 is 1.62 bits per heavy atom. The minimum atomic E-state index is -0.346. The lowest BCUT2D eigenvalue weighted by Crippen LogP contribution is -2.12. The molecule has 154 valence electrons. The van der Waals surface area contributed by atoms with Crippen molar-refractivity contribution < 1.29 is 33.3 Å². The average Bonchev–Trinajstić information content (AvgIpc) is 2.75. The van der Waals surface area contributed by atoms with Crippen LogP contribution in [-0.4, -0.2) is 45.3 Å². The first-order valence-corrected chi connectivity index (χ1v) is 8.92. The average molecular weight is 401 g/mol. The molecule has 29 heavy (non-hydrogen) atoms. The molecule has 2 aromatic carbocycles. The maximum Gasteiger partial charge on any atom is 0.308 e. The third-order valence-corrected chi connectivity index (χ3v) is 3.83. The Balaban J connectivity index is 1.81. The van der Waals surface area contributed by atoms with Gasteiger partial charge in [-0.2, -0.15) is 0 Å². The van der Waals surface area contributed by atoms with Crippen molar-refractivity contribution >= 4 is 23.5 Å². The summed E-state index contributed by atoms with van der Waals surface area (Å²) in [4.78, 5) is 34.4. The predicted octanol–water partition coefficient (Wildman–Crippen LogP) is 2.82. The second-order valence-corrected chi connectivity index (χ2v) is 5.85. The molecule has 0 aliphatic carbocycles. The summed E-state index contributed by atoms with van der Waals surface area (Å²) in [5.74, 6) is 0.180. The van der Waals surface area contributed by atoms with E-state index in [2.05, 4.69) is 14.8 Å². The fraction of sp³-hybridized carbons (Fsp3) is 0.286. The van der Waals surface area contributed by atoms with Crippen LogP contribution in [0.5, 0.6) is 11.5 Å². The Morgan fingerprint density at radius 1 is 0.724 bits per heavy atom. The summed E-state index contributed by atoms with van der Waals surface area (Å²) in [7, 11) is 2.65. The van der Waals surface area contributed by atoms with Crippen LogP contribution in [0.3, 0.4) is 0 Å². The SMILES string of the molecule is COC(=O)CCOc1ccc(NC(=O)c2ccc(OCCC(=O)OC)cc2)cc1. The second kappa shape index (κ2) is 11.3. The highest BCUT2D eigenvalue weighted by Gasteiger charge is 2.08. The smallest absolute Gasteiger partial charge is 0.308 e. The summed E-state index contributed by atoms with van der Waals surface area (Å²) in [6.45, 7) is 0.415. The van der Waals surface area contributed by atoms with E-state index < -0.39 is 0 Å². The van der Waals surface area contributed by atoms with E-state index in [0.29, 0.717) is 22.7 Å². The Morgan fingerprint density at radius 2 is 1.17 bits per heavy atom. The van der Waals surface area contributed by atoms with Gasteiger partial charge in [-0.05, 0) is 48.5 Å². The molecule has 8 nitrogen and oxygen atoms in total. The predicted molar refractivity (Wildman–Crippen MR) is 105 cm³/mol. The van der Waals surface area contributed by atoms with E-state index in [1.807, 2.05) is 0 Å². The fourth-order valence-corrected chi connectivity index (χ4v) is 2.25. The number of amides is 1. The Kier molecular flexibility index (Phi) is 8.50. The summed E-state index contributed by atoms with van der Waals surface area (Å²) >= 11 is 0. The number of hydrogen-bond acceptors (Lipinski definition) is 7. The van der Waals surface area contributed by atoms with Gasteiger partial charge in [0.05, 0.1) is 40.3 Å². The van der Waals surface area contributed by atoms with Crippen LogP contribution in [-0.2, 0) is 19.1 Å². The molecule has 0 saturated carbocycles. The van der Waals surface area contributed by atoms with Gasteiger partial charge in [-0.1, -0.05) is 0 Å². The minimum Gasteiger partial charge on any atom is -0.493 e. The maximum absolute atomic E-state index is 12.3. The highest BCUT2D eigenvalue weighted by molar-refractivity contribution is 6.04. The van der Waals surface area contributed by atoms with Gasteiger partial charge in [0.2, 0.25) is 0 Å². The van der Waals surface area contributed by atoms with E-state index in [1.165, 1.54) is 14.2 Å². The number of esters is 2. The van der Waals surface area contributed by atoms with Gasteiger partial charge >= 0.3 is 11.9 Å². The highest BCUT2D eigenvalue weighted by Crippen LogP contribution is 2.18. The zero-order valence-electron chi connectivity index (χ0n) is 16.3. The van der Waals surface area contributed by atoms with Crippen LogP contribution in [0.4, 0.5) is 5.69 Å². The van der Waals surface area contributed by atoms with E-state index in [1.54, 1.807) is 48.5 Å². The zero-order chi connectivity index (χ0) is 21.1. The Hall–Kier alpha value is -3.55. The van der Waals surface area contributed by atoms with Crippen LogP contribution in [0.1, 0.15) is 23.2 Å². The molecule has 2 rings (SSSR count). The number of anilines is 1. The van der Waals surface area contributed by atoms with Crippen molar-refractivity contribution in [3.8, 4) is 11.5 Å². The van der Waals surface area contributed by atoms with Gasteiger partial charge in [0.1, 0.15) is 11.5 Å². The first-order chi connectivity index (χ1) is 14.0. The third kappa shape index (κ3) is 7.53. The van der Waals surface area contributed by atoms with E-state index in [-0.39, 0.29) is 43.9 Å². The van der Waals surface area contributed by atoms with Crippen molar-refractivity contribution in [2.45, 2.75) is 12.8 Å². The van der Waals surface area contributed by atoms with Gasteiger partial charge in [0, 0.05) is 11.3 Å². The van der Waals surface area contributed by atoms with E-state index in [0.717, 1.165) is 0 Å². The van der Waals surface area contributed by atoms with Gasteiger partial charge in [-0.3, -0.25) is 14.4 Å². The van der Waals surface area contributed by atoms with Crippen molar-refractivity contribution in [1.82, 2.24) is 0 Å². The molecular weight excluding hydrogens is 378 g/mol. The molecule has 0 bridgehead atoms.